The zero-order chi connectivity index (χ0) is 12.4. The molecule has 1 atom stereocenters. The Morgan fingerprint density at radius 3 is 2.82 bits per heavy atom. The Morgan fingerprint density at radius 1 is 1.47 bits per heavy atom. The molecule has 0 saturated carbocycles. The minimum absolute atomic E-state index is 0.0627. The fourth-order valence-corrected chi connectivity index (χ4v) is 2.37. The zero-order valence-corrected chi connectivity index (χ0v) is 10.5. The van der Waals surface area contributed by atoms with Crippen LogP contribution in [0.3, 0.4) is 0 Å². The number of likely N-dealkylation sites (N-methyl/N-ethyl adjacent to an activating group) is 1. The molecular formula is C12H15FN2OS. The van der Waals surface area contributed by atoms with Gasteiger partial charge >= 0.3 is 6.03 Å². The van der Waals surface area contributed by atoms with Crippen molar-refractivity contribution in [2.24, 2.45) is 0 Å². The molecule has 1 fully saturated rings. The first-order valence-corrected chi connectivity index (χ1v) is 6.15. The summed E-state index contributed by atoms with van der Waals surface area (Å²) in [5.74, 6) is 0.355. The van der Waals surface area contributed by atoms with Gasteiger partial charge in [-0.2, -0.15) is 12.6 Å². The molecule has 5 heteroatoms. The van der Waals surface area contributed by atoms with Crippen molar-refractivity contribution in [3.8, 4) is 0 Å². The van der Waals surface area contributed by atoms with E-state index in [4.69, 9.17) is 0 Å². The van der Waals surface area contributed by atoms with Gasteiger partial charge in [0.2, 0.25) is 0 Å². The summed E-state index contributed by atoms with van der Waals surface area (Å²) in [6, 6.07) is 6.33. The first-order chi connectivity index (χ1) is 8.15. The fourth-order valence-electron chi connectivity index (χ4n) is 2.13. The molecule has 2 rings (SSSR count). The molecule has 1 aliphatic heterocycles. The topological polar surface area (TPSA) is 23.6 Å². The van der Waals surface area contributed by atoms with Crippen LogP contribution < -0.4 is 0 Å². The molecule has 1 unspecified atom stereocenters. The van der Waals surface area contributed by atoms with Crippen LogP contribution in [0.4, 0.5) is 9.18 Å². The lowest BCUT2D eigenvalue weighted by Gasteiger charge is -2.18. The van der Waals surface area contributed by atoms with Gasteiger partial charge in [-0.1, -0.05) is 18.2 Å². The minimum atomic E-state index is -0.259. The summed E-state index contributed by atoms with van der Waals surface area (Å²) in [7, 11) is 1.71. The van der Waals surface area contributed by atoms with Gasteiger partial charge in [-0.15, -0.1) is 0 Å². The number of carbonyl (C=O) groups is 1. The van der Waals surface area contributed by atoms with Gasteiger partial charge in [0.25, 0.3) is 0 Å². The average Bonchev–Trinajstić information content (AvgIpc) is 2.59. The van der Waals surface area contributed by atoms with Crippen molar-refractivity contribution >= 4 is 18.7 Å². The number of hydrogen-bond donors (Lipinski definition) is 1. The number of thiol groups is 1. The molecule has 1 heterocycles. The number of amides is 2. The summed E-state index contributed by atoms with van der Waals surface area (Å²) in [4.78, 5) is 15.2. The van der Waals surface area contributed by atoms with Crippen molar-refractivity contribution in [2.75, 3.05) is 25.9 Å². The molecule has 0 N–H and O–H groups in total. The van der Waals surface area contributed by atoms with E-state index in [0.717, 1.165) is 0 Å². The van der Waals surface area contributed by atoms with Crippen molar-refractivity contribution in [1.82, 2.24) is 9.80 Å². The number of halogens is 1. The molecule has 1 aliphatic rings. The summed E-state index contributed by atoms with van der Waals surface area (Å²) >= 11 is 4.12. The highest BCUT2D eigenvalue weighted by Gasteiger charge is 2.35. The van der Waals surface area contributed by atoms with Gasteiger partial charge in [0.15, 0.2) is 0 Å². The lowest BCUT2D eigenvalue weighted by Crippen LogP contribution is -2.31. The monoisotopic (exact) mass is 254 g/mol. The maximum Gasteiger partial charge on any atom is 0.320 e. The van der Waals surface area contributed by atoms with Crippen molar-refractivity contribution in [3.05, 3.63) is 35.6 Å². The Labute approximate surface area is 106 Å². The van der Waals surface area contributed by atoms with Gasteiger partial charge < -0.3 is 9.80 Å². The molecule has 17 heavy (non-hydrogen) atoms. The molecule has 0 aliphatic carbocycles. The van der Waals surface area contributed by atoms with Crippen LogP contribution in [0, 0.1) is 5.82 Å². The number of carbonyl (C=O) groups excluding carboxylic acids is 1. The zero-order valence-electron chi connectivity index (χ0n) is 9.64. The van der Waals surface area contributed by atoms with Crippen LogP contribution in [0.2, 0.25) is 0 Å². The number of benzene rings is 1. The second-order valence-electron chi connectivity index (χ2n) is 4.10. The molecule has 1 aromatic carbocycles. The highest BCUT2D eigenvalue weighted by molar-refractivity contribution is 7.80. The first-order valence-electron chi connectivity index (χ1n) is 5.52. The van der Waals surface area contributed by atoms with Crippen LogP contribution in [0.25, 0.3) is 0 Å². The Kier molecular flexibility index (Phi) is 3.57. The smallest absolute Gasteiger partial charge is 0.320 e. The van der Waals surface area contributed by atoms with Crippen LogP contribution in [0.15, 0.2) is 24.3 Å². The lowest BCUT2D eigenvalue weighted by molar-refractivity contribution is 0.197. The summed E-state index contributed by atoms with van der Waals surface area (Å²) in [5, 5.41) is 0. The van der Waals surface area contributed by atoms with Gasteiger partial charge in [-0.25, -0.2) is 9.18 Å². The van der Waals surface area contributed by atoms with Gasteiger partial charge in [0, 0.05) is 31.5 Å². The summed E-state index contributed by atoms with van der Waals surface area (Å²) < 4.78 is 13.7. The Balaban J connectivity index is 2.24. The van der Waals surface area contributed by atoms with Crippen LogP contribution in [0.5, 0.6) is 0 Å². The Bertz CT molecular complexity index is 427. The third-order valence-electron chi connectivity index (χ3n) is 3.07. The molecule has 3 nitrogen and oxygen atoms in total. The molecular weight excluding hydrogens is 239 g/mol. The van der Waals surface area contributed by atoms with Gasteiger partial charge in [0.1, 0.15) is 5.82 Å². The molecule has 1 aromatic rings. The SMILES string of the molecule is CN1C(=O)N(CCS)CC1c1ccccc1F. The molecule has 1 saturated heterocycles. The van der Waals surface area contributed by atoms with Crippen molar-refractivity contribution in [1.29, 1.82) is 0 Å². The highest BCUT2D eigenvalue weighted by Crippen LogP contribution is 2.29. The number of hydrogen-bond acceptors (Lipinski definition) is 2. The summed E-state index contributed by atoms with van der Waals surface area (Å²) in [6.07, 6.45) is 0. The van der Waals surface area contributed by atoms with Crippen LogP contribution in [-0.4, -0.2) is 41.7 Å². The van der Waals surface area contributed by atoms with Gasteiger partial charge in [-0.05, 0) is 6.07 Å². The molecule has 0 spiro atoms. The predicted octanol–water partition coefficient (Wildman–Crippen LogP) is 2.16. The number of urea groups is 1. The van der Waals surface area contributed by atoms with Crippen LogP contribution in [-0.2, 0) is 0 Å². The van der Waals surface area contributed by atoms with E-state index in [9.17, 15) is 9.18 Å². The summed E-state index contributed by atoms with van der Waals surface area (Å²) in [5.41, 5.74) is 0.574. The quantitative estimate of drug-likeness (QED) is 0.821. The molecule has 0 radical (unpaired) electrons. The highest BCUT2D eigenvalue weighted by atomic mass is 32.1. The van der Waals surface area contributed by atoms with E-state index in [0.29, 0.717) is 24.4 Å². The van der Waals surface area contributed by atoms with E-state index < -0.39 is 0 Å². The maximum atomic E-state index is 13.7. The predicted molar refractivity (Wildman–Crippen MR) is 67.7 cm³/mol. The third-order valence-corrected chi connectivity index (χ3v) is 3.27. The lowest BCUT2D eigenvalue weighted by atomic mass is 10.1. The van der Waals surface area contributed by atoms with E-state index in [1.807, 2.05) is 0 Å². The van der Waals surface area contributed by atoms with E-state index in [1.54, 1.807) is 35.0 Å². The Hall–Kier alpha value is -1.23. The Morgan fingerprint density at radius 2 is 2.18 bits per heavy atom. The van der Waals surface area contributed by atoms with Crippen molar-refractivity contribution < 1.29 is 9.18 Å². The first kappa shape index (κ1) is 12.2. The molecule has 2 amide bonds. The second-order valence-corrected chi connectivity index (χ2v) is 4.55. The molecule has 92 valence electrons. The fraction of sp³-hybridized carbons (Fsp3) is 0.417. The van der Waals surface area contributed by atoms with E-state index in [-0.39, 0.29) is 17.9 Å². The number of rotatable bonds is 3. The maximum absolute atomic E-state index is 13.7. The van der Waals surface area contributed by atoms with Crippen molar-refractivity contribution in [2.45, 2.75) is 6.04 Å². The van der Waals surface area contributed by atoms with Crippen molar-refractivity contribution in [3.63, 3.8) is 0 Å². The van der Waals surface area contributed by atoms with Gasteiger partial charge in [-0.3, -0.25) is 0 Å². The van der Waals surface area contributed by atoms with Gasteiger partial charge in [0.05, 0.1) is 6.04 Å². The van der Waals surface area contributed by atoms with E-state index in [2.05, 4.69) is 12.6 Å². The van der Waals surface area contributed by atoms with Crippen LogP contribution >= 0.6 is 12.6 Å². The minimum Gasteiger partial charge on any atom is -0.321 e. The van der Waals surface area contributed by atoms with E-state index >= 15 is 0 Å². The summed E-state index contributed by atoms with van der Waals surface area (Å²) in [6.45, 7) is 1.12. The normalized spacial score (nSPS) is 20.2. The second kappa shape index (κ2) is 4.96. The van der Waals surface area contributed by atoms with Crippen LogP contribution in [0.1, 0.15) is 11.6 Å². The third kappa shape index (κ3) is 2.24. The molecule has 0 aromatic heterocycles. The van der Waals surface area contributed by atoms with E-state index in [1.165, 1.54) is 6.07 Å². The standard InChI is InChI=1S/C12H15FN2OS/c1-14-11(8-15(6-7-17)12(14)16)9-4-2-3-5-10(9)13/h2-5,11,17H,6-8H2,1H3. The molecule has 0 bridgehead atoms. The number of nitrogens with zero attached hydrogens (tertiary/aromatic N) is 2. The largest absolute Gasteiger partial charge is 0.321 e. The average molecular weight is 254 g/mol.